The number of aliphatic hydroxyl groups excluding tert-OH is 2. The second-order valence-corrected chi connectivity index (χ2v) is 7.61. The van der Waals surface area contributed by atoms with Crippen LogP contribution in [0, 0.1) is 11.8 Å². The van der Waals surface area contributed by atoms with Crippen molar-refractivity contribution in [1.29, 1.82) is 0 Å². The van der Waals surface area contributed by atoms with Crippen molar-refractivity contribution in [1.82, 2.24) is 0 Å². The molecule has 4 rings (SSSR count). The number of esters is 1. The Hall–Kier alpha value is -3.17. The first-order chi connectivity index (χ1) is 15.5. The van der Waals surface area contributed by atoms with Crippen molar-refractivity contribution in [2.45, 2.75) is 12.0 Å². The molecule has 0 aromatic heterocycles. The van der Waals surface area contributed by atoms with E-state index in [9.17, 15) is 15.0 Å². The highest BCUT2D eigenvalue weighted by Crippen LogP contribution is 2.53. The Labute approximate surface area is 185 Å². The highest BCUT2D eigenvalue weighted by molar-refractivity contribution is 5.77. The van der Waals surface area contributed by atoms with Crippen molar-refractivity contribution in [3.05, 3.63) is 41.0 Å². The van der Waals surface area contributed by atoms with Crippen LogP contribution in [-0.4, -0.2) is 58.0 Å². The van der Waals surface area contributed by atoms with Gasteiger partial charge in [0.1, 0.15) is 0 Å². The summed E-state index contributed by atoms with van der Waals surface area (Å²) in [5.41, 5.74) is 1.88. The van der Waals surface area contributed by atoms with Crippen LogP contribution in [-0.2, 0) is 9.53 Å². The Morgan fingerprint density at radius 1 is 0.969 bits per heavy atom. The van der Waals surface area contributed by atoms with Gasteiger partial charge in [0, 0.05) is 18.4 Å². The van der Waals surface area contributed by atoms with Gasteiger partial charge in [0.25, 0.3) is 0 Å². The summed E-state index contributed by atoms with van der Waals surface area (Å²) in [6.07, 6.45) is -1.10. The van der Waals surface area contributed by atoms with E-state index >= 15 is 0 Å². The number of methoxy groups -OCH3 is 4. The van der Waals surface area contributed by atoms with Crippen LogP contribution in [0.3, 0.4) is 0 Å². The lowest BCUT2D eigenvalue weighted by Gasteiger charge is -2.40. The molecule has 9 nitrogen and oxygen atoms in total. The van der Waals surface area contributed by atoms with Crippen LogP contribution in [0.15, 0.2) is 24.3 Å². The second-order valence-electron chi connectivity index (χ2n) is 7.61. The van der Waals surface area contributed by atoms with Crippen LogP contribution in [0.25, 0.3) is 0 Å². The van der Waals surface area contributed by atoms with Gasteiger partial charge in [0.05, 0.1) is 40.5 Å². The summed E-state index contributed by atoms with van der Waals surface area (Å²) in [4.78, 5) is 13.0. The monoisotopic (exact) mass is 446 g/mol. The molecule has 2 aromatic rings. The maximum absolute atomic E-state index is 13.0. The smallest absolute Gasteiger partial charge is 0.310 e. The number of carbonyl (C=O) groups excluding carboxylic acids is 1. The van der Waals surface area contributed by atoms with Gasteiger partial charge < -0.3 is 38.6 Å². The lowest BCUT2D eigenvalue weighted by atomic mass is 9.65. The molecule has 0 saturated carbocycles. The molecule has 2 aliphatic rings. The molecule has 1 aliphatic carbocycles. The van der Waals surface area contributed by atoms with Gasteiger partial charge in [-0.3, -0.25) is 4.79 Å². The number of hydrogen-bond acceptors (Lipinski definition) is 9. The molecule has 0 fully saturated rings. The lowest BCUT2D eigenvalue weighted by Crippen LogP contribution is -2.41. The van der Waals surface area contributed by atoms with Crippen LogP contribution in [0.4, 0.5) is 0 Å². The number of fused-ring (bicyclic) bond motifs is 2. The molecule has 9 heteroatoms. The summed E-state index contributed by atoms with van der Waals surface area (Å²) in [5, 5.41) is 21.2. The van der Waals surface area contributed by atoms with E-state index in [1.165, 1.54) is 28.4 Å². The average Bonchev–Trinajstić information content (AvgIpc) is 3.28. The summed E-state index contributed by atoms with van der Waals surface area (Å²) in [6.45, 7) is -0.358. The van der Waals surface area contributed by atoms with Crippen molar-refractivity contribution in [3.8, 4) is 28.7 Å². The Kier molecular flexibility index (Phi) is 6.03. The molecular weight excluding hydrogens is 420 g/mol. The zero-order valence-electron chi connectivity index (χ0n) is 18.3. The molecule has 172 valence electrons. The van der Waals surface area contributed by atoms with Gasteiger partial charge in [-0.1, -0.05) is 0 Å². The van der Waals surface area contributed by atoms with Gasteiger partial charge in [-0.2, -0.15) is 0 Å². The Bertz CT molecular complexity index is 994. The van der Waals surface area contributed by atoms with Gasteiger partial charge in [-0.25, -0.2) is 0 Å². The van der Waals surface area contributed by atoms with Gasteiger partial charge in [0.2, 0.25) is 12.5 Å². The van der Waals surface area contributed by atoms with Crippen LogP contribution >= 0.6 is 0 Å². The largest absolute Gasteiger partial charge is 0.493 e. The summed E-state index contributed by atoms with van der Waals surface area (Å²) < 4.78 is 32.5. The fourth-order valence-electron chi connectivity index (χ4n) is 4.69. The summed E-state index contributed by atoms with van der Waals surface area (Å²) in [5.74, 6) is -0.576. The zero-order valence-corrected chi connectivity index (χ0v) is 18.3. The first-order valence-corrected chi connectivity index (χ1v) is 10.1. The molecule has 2 N–H and O–H groups in total. The minimum atomic E-state index is -1.10. The van der Waals surface area contributed by atoms with E-state index < -0.39 is 36.4 Å². The van der Waals surface area contributed by atoms with Crippen molar-refractivity contribution in [2.75, 3.05) is 41.8 Å². The zero-order chi connectivity index (χ0) is 23.0. The number of carbonyl (C=O) groups is 1. The molecule has 1 aliphatic heterocycles. The van der Waals surface area contributed by atoms with Crippen LogP contribution in [0.2, 0.25) is 0 Å². The Balaban J connectivity index is 1.99. The molecule has 0 spiro atoms. The highest BCUT2D eigenvalue weighted by Gasteiger charge is 2.48. The topological polar surface area (TPSA) is 113 Å². The minimum Gasteiger partial charge on any atom is -0.493 e. The predicted molar refractivity (Wildman–Crippen MR) is 112 cm³/mol. The van der Waals surface area contributed by atoms with Crippen LogP contribution < -0.4 is 23.7 Å². The average molecular weight is 446 g/mol. The molecule has 0 radical (unpaired) electrons. The number of rotatable bonds is 6. The van der Waals surface area contributed by atoms with Crippen molar-refractivity contribution in [3.63, 3.8) is 0 Å². The molecule has 32 heavy (non-hydrogen) atoms. The molecular formula is C23H26O9. The summed E-state index contributed by atoms with van der Waals surface area (Å²) >= 11 is 0. The first kappa shape index (κ1) is 22.0. The molecule has 0 bridgehead atoms. The fourth-order valence-corrected chi connectivity index (χ4v) is 4.69. The third-order valence-electron chi connectivity index (χ3n) is 6.19. The van der Waals surface area contributed by atoms with Crippen molar-refractivity contribution in [2.24, 2.45) is 11.8 Å². The minimum absolute atomic E-state index is 0.0625. The summed E-state index contributed by atoms with van der Waals surface area (Å²) in [6, 6.07) is 6.96. The van der Waals surface area contributed by atoms with E-state index in [0.29, 0.717) is 45.4 Å². The van der Waals surface area contributed by atoms with E-state index in [0.717, 1.165) is 0 Å². The second kappa shape index (κ2) is 8.76. The van der Waals surface area contributed by atoms with E-state index in [-0.39, 0.29) is 6.79 Å². The van der Waals surface area contributed by atoms with Crippen LogP contribution in [0.1, 0.15) is 28.7 Å². The first-order valence-electron chi connectivity index (χ1n) is 10.1. The number of aliphatic hydroxyl groups is 2. The molecule has 2 aromatic carbocycles. The van der Waals surface area contributed by atoms with E-state index in [1.54, 1.807) is 24.3 Å². The predicted octanol–water partition coefficient (Wildman–Crippen LogP) is 2.02. The molecule has 0 unspecified atom stereocenters. The van der Waals surface area contributed by atoms with Gasteiger partial charge in [-0.05, 0) is 41.0 Å². The molecule has 0 amide bonds. The standard InChI is InChI=1S/C23H26O9/c1-27-17-5-11(6-18(28-2)22(17)29-3)19-12-7-15-16(32-10-31-15)8-13(12)21(25)14(9-24)20(19)23(26)30-4/h5-8,14,19-21,24-25H,9-10H2,1-4H3/t14-,19+,20-,21-/m0/s1. The molecule has 0 saturated heterocycles. The maximum atomic E-state index is 13.0. The van der Waals surface area contributed by atoms with Crippen molar-refractivity contribution >= 4 is 5.97 Å². The van der Waals surface area contributed by atoms with Gasteiger partial charge in [0.15, 0.2) is 23.0 Å². The van der Waals surface area contributed by atoms with Gasteiger partial charge >= 0.3 is 5.97 Å². The number of ether oxygens (including phenoxy) is 6. The highest BCUT2D eigenvalue weighted by atomic mass is 16.7. The third-order valence-corrected chi connectivity index (χ3v) is 6.19. The van der Waals surface area contributed by atoms with E-state index in [4.69, 9.17) is 28.4 Å². The molecule has 4 atom stereocenters. The maximum Gasteiger partial charge on any atom is 0.310 e. The van der Waals surface area contributed by atoms with Crippen molar-refractivity contribution < 1.29 is 43.4 Å². The van der Waals surface area contributed by atoms with E-state index in [1.807, 2.05) is 0 Å². The Morgan fingerprint density at radius 3 is 2.06 bits per heavy atom. The summed E-state index contributed by atoms with van der Waals surface area (Å²) in [7, 11) is 5.80. The quantitative estimate of drug-likeness (QED) is 0.644. The van der Waals surface area contributed by atoms with Gasteiger partial charge in [-0.15, -0.1) is 0 Å². The fraction of sp³-hybridized carbons (Fsp3) is 0.435. The third kappa shape index (κ3) is 3.37. The normalized spacial score (nSPS) is 23.3. The van der Waals surface area contributed by atoms with E-state index in [2.05, 4.69) is 0 Å². The SMILES string of the molecule is COC(=O)[C@@H]1[C@H](c2cc(OC)c(OC)c(OC)c2)c2cc3c(cc2[C@H](O)[C@H]1CO)OCO3. The van der Waals surface area contributed by atoms with Crippen LogP contribution in [0.5, 0.6) is 28.7 Å². The Morgan fingerprint density at radius 2 is 1.56 bits per heavy atom. The number of hydrogen-bond donors (Lipinski definition) is 2. The lowest BCUT2D eigenvalue weighted by molar-refractivity contribution is -0.152. The molecule has 1 heterocycles. The number of benzene rings is 2.